The first kappa shape index (κ1) is 19.8. The van der Waals surface area contributed by atoms with Crippen LogP contribution in [-0.4, -0.2) is 24.8 Å². The van der Waals surface area contributed by atoms with E-state index in [0.29, 0.717) is 16.3 Å². The van der Waals surface area contributed by atoms with E-state index in [1.807, 2.05) is 50.2 Å². The number of benzene rings is 2. The Morgan fingerprint density at radius 1 is 1.03 bits per heavy atom. The minimum absolute atomic E-state index is 0.181. The van der Waals surface area contributed by atoms with E-state index < -0.39 is 0 Å². The summed E-state index contributed by atoms with van der Waals surface area (Å²) in [6, 6.07) is 17.2. The van der Waals surface area contributed by atoms with Crippen LogP contribution in [0.1, 0.15) is 16.8 Å². The van der Waals surface area contributed by atoms with Gasteiger partial charge in [0.15, 0.2) is 0 Å². The zero-order chi connectivity index (χ0) is 21.3. The van der Waals surface area contributed by atoms with Gasteiger partial charge in [-0.1, -0.05) is 23.7 Å². The third-order valence-corrected chi connectivity index (χ3v) is 5.13. The Morgan fingerprint density at radius 2 is 1.83 bits per heavy atom. The highest BCUT2D eigenvalue weighted by Crippen LogP contribution is 2.28. The summed E-state index contributed by atoms with van der Waals surface area (Å²) in [6.45, 7) is 4.13. The predicted octanol–water partition coefficient (Wildman–Crippen LogP) is 3.88. The normalized spacial score (nSPS) is 10.9. The number of hydrogen-bond acceptors (Lipinski definition) is 5. The first-order valence-electron chi connectivity index (χ1n) is 9.38. The molecular weight excluding hydrogens is 402 g/mol. The highest BCUT2D eigenvalue weighted by Gasteiger charge is 2.15. The van der Waals surface area contributed by atoms with Gasteiger partial charge in [-0.05, 0) is 72.3 Å². The van der Waals surface area contributed by atoms with Gasteiger partial charge >= 0.3 is 5.69 Å². The van der Waals surface area contributed by atoms with E-state index in [-0.39, 0.29) is 12.3 Å². The minimum Gasteiger partial charge on any atom is -0.488 e. The van der Waals surface area contributed by atoms with Crippen molar-refractivity contribution in [1.29, 1.82) is 0 Å². The Balaban J connectivity index is 1.61. The number of rotatable bonds is 5. The Bertz CT molecular complexity index is 1280. The Labute approximate surface area is 178 Å². The summed E-state index contributed by atoms with van der Waals surface area (Å²) < 4.78 is 8.42. The summed E-state index contributed by atoms with van der Waals surface area (Å²) in [7, 11) is 1.54. The molecule has 7 nitrogen and oxygen atoms in total. The molecule has 0 radical (unpaired) electrons. The largest absolute Gasteiger partial charge is 0.488 e. The maximum Gasteiger partial charge on any atom is 0.368 e. The molecule has 4 aromatic rings. The smallest absolute Gasteiger partial charge is 0.368 e. The van der Waals surface area contributed by atoms with E-state index in [4.69, 9.17) is 16.3 Å². The lowest BCUT2D eigenvalue weighted by atomic mass is 10.1. The van der Waals surface area contributed by atoms with E-state index in [1.165, 1.54) is 4.68 Å². The summed E-state index contributed by atoms with van der Waals surface area (Å²) in [6.07, 6.45) is 0. The molecule has 2 aromatic heterocycles. The molecule has 8 heteroatoms. The molecule has 0 fully saturated rings. The molecule has 0 bridgehead atoms. The molecule has 2 aromatic carbocycles. The van der Waals surface area contributed by atoms with Crippen molar-refractivity contribution in [3.05, 3.63) is 86.9 Å². The Hall–Kier alpha value is -3.45. The number of aromatic nitrogens is 5. The van der Waals surface area contributed by atoms with Crippen LogP contribution >= 0.6 is 11.6 Å². The van der Waals surface area contributed by atoms with Crippen LogP contribution in [0.3, 0.4) is 0 Å². The summed E-state index contributed by atoms with van der Waals surface area (Å²) >= 11 is 6.41. The predicted molar refractivity (Wildman–Crippen MR) is 115 cm³/mol. The zero-order valence-electron chi connectivity index (χ0n) is 16.8. The third-order valence-electron chi connectivity index (χ3n) is 4.77. The van der Waals surface area contributed by atoms with E-state index in [2.05, 4.69) is 15.4 Å². The van der Waals surface area contributed by atoms with Crippen LogP contribution in [0.5, 0.6) is 5.75 Å². The van der Waals surface area contributed by atoms with Gasteiger partial charge in [-0.3, -0.25) is 4.98 Å². The van der Waals surface area contributed by atoms with Gasteiger partial charge in [-0.2, -0.15) is 9.36 Å². The molecule has 0 aliphatic carbocycles. The van der Waals surface area contributed by atoms with E-state index in [1.54, 1.807) is 25.2 Å². The molecule has 0 saturated heterocycles. The molecule has 0 unspecified atom stereocenters. The lowest BCUT2D eigenvalue weighted by molar-refractivity contribution is 0.303. The third kappa shape index (κ3) is 3.84. The SMILES string of the molecule is Cc1cccc(-c2ccc(OCc3c(Cl)cccc3-n3nnn(C)c3=O)c(C)c2)n1. The second kappa shape index (κ2) is 8.12. The van der Waals surface area contributed by atoms with Gasteiger partial charge in [0, 0.05) is 28.9 Å². The zero-order valence-corrected chi connectivity index (χ0v) is 17.6. The number of halogens is 1. The first-order valence-corrected chi connectivity index (χ1v) is 9.76. The minimum atomic E-state index is -0.357. The average Bonchev–Trinajstić information content (AvgIpc) is 3.06. The molecule has 4 rings (SSSR count). The average molecular weight is 422 g/mol. The number of ether oxygens (including phenoxy) is 1. The Morgan fingerprint density at radius 3 is 2.53 bits per heavy atom. The fraction of sp³-hybridized carbons (Fsp3) is 0.182. The van der Waals surface area contributed by atoms with E-state index in [0.717, 1.165) is 32.9 Å². The molecule has 0 atom stereocenters. The van der Waals surface area contributed by atoms with Gasteiger partial charge in [-0.15, -0.1) is 0 Å². The van der Waals surface area contributed by atoms with Crippen molar-refractivity contribution in [2.45, 2.75) is 20.5 Å². The molecule has 0 N–H and O–H groups in total. The molecule has 0 aliphatic rings. The van der Waals surface area contributed by atoms with Crippen molar-refractivity contribution in [2.75, 3.05) is 0 Å². The lowest BCUT2D eigenvalue weighted by Gasteiger charge is -2.14. The second-order valence-corrected chi connectivity index (χ2v) is 7.37. The van der Waals surface area contributed by atoms with Crippen molar-refractivity contribution >= 4 is 11.6 Å². The van der Waals surface area contributed by atoms with Crippen molar-refractivity contribution in [1.82, 2.24) is 24.8 Å². The molecule has 0 amide bonds. The van der Waals surface area contributed by atoms with Crippen molar-refractivity contribution in [3.8, 4) is 22.7 Å². The summed E-state index contributed by atoms with van der Waals surface area (Å²) in [5.74, 6) is 0.726. The lowest BCUT2D eigenvalue weighted by Crippen LogP contribution is -2.23. The highest BCUT2D eigenvalue weighted by atomic mass is 35.5. The monoisotopic (exact) mass is 421 g/mol. The maximum atomic E-state index is 12.3. The number of tetrazole rings is 1. The molecule has 0 aliphatic heterocycles. The van der Waals surface area contributed by atoms with Gasteiger partial charge in [-0.25, -0.2) is 4.79 Å². The van der Waals surface area contributed by atoms with Gasteiger partial charge < -0.3 is 4.74 Å². The van der Waals surface area contributed by atoms with Gasteiger partial charge in [0.2, 0.25) is 0 Å². The molecule has 0 saturated carbocycles. The fourth-order valence-electron chi connectivity index (χ4n) is 3.18. The van der Waals surface area contributed by atoms with Crippen molar-refractivity contribution in [3.63, 3.8) is 0 Å². The Kier molecular flexibility index (Phi) is 5.37. The van der Waals surface area contributed by atoms with Crippen molar-refractivity contribution < 1.29 is 4.74 Å². The standard InChI is InChI=1S/C22H20ClN5O2/c1-14-12-16(19-8-4-6-15(2)24-19)10-11-21(14)30-13-17-18(23)7-5-9-20(17)28-22(29)27(3)25-26-28/h4-12H,13H2,1-3H3. The van der Waals surface area contributed by atoms with Crippen LogP contribution in [0.2, 0.25) is 5.02 Å². The van der Waals surface area contributed by atoms with E-state index >= 15 is 0 Å². The molecule has 2 heterocycles. The van der Waals surface area contributed by atoms with Crippen LogP contribution in [-0.2, 0) is 13.7 Å². The van der Waals surface area contributed by atoms with Crippen LogP contribution in [0.25, 0.3) is 16.9 Å². The quantitative estimate of drug-likeness (QED) is 0.489. The number of aryl methyl sites for hydroxylation is 3. The molecular formula is C22H20ClN5O2. The topological polar surface area (TPSA) is 74.8 Å². The summed E-state index contributed by atoms with van der Waals surface area (Å²) in [4.78, 5) is 16.8. The van der Waals surface area contributed by atoms with Crippen LogP contribution < -0.4 is 10.4 Å². The van der Waals surface area contributed by atoms with Gasteiger partial charge in [0.25, 0.3) is 0 Å². The summed E-state index contributed by atoms with van der Waals surface area (Å²) in [5, 5.41) is 8.16. The maximum absolute atomic E-state index is 12.3. The first-order chi connectivity index (χ1) is 14.4. The van der Waals surface area contributed by atoms with Crippen molar-refractivity contribution in [2.24, 2.45) is 7.05 Å². The summed E-state index contributed by atoms with van der Waals surface area (Å²) in [5.41, 5.74) is 4.72. The number of nitrogens with zero attached hydrogens (tertiary/aromatic N) is 5. The molecule has 0 spiro atoms. The fourth-order valence-corrected chi connectivity index (χ4v) is 3.40. The van der Waals surface area contributed by atoms with Crippen LogP contribution in [0.4, 0.5) is 0 Å². The molecule has 152 valence electrons. The van der Waals surface area contributed by atoms with Gasteiger partial charge in [0.1, 0.15) is 12.4 Å². The molecule has 30 heavy (non-hydrogen) atoms. The van der Waals surface area contributed by atoms with Crippen LogP contribution in [0.15, 0.2) is 59.4 Å². The highest BCUT2D eigenvalue weighted by molar-refractivity contribution is 6.31. The second-order valence-electron chi connectivity index (χ2n) is 6.97. The van der Waals surface area contributed by atoms with Crippen LogP contribution in [0, 0.1) is 13.8 Å². The number of hydrogen-bond donors (Lipinski definition) is 0. The van der Waals surface area contributed by atoms with E-state index in [9.17, 15) is 4.79 Å². The van der Waals surface area contributed by atoms with Gasteiger partial charge in [0.05, 0.1) is 11.4 Å². The number of pyridine rings is 1.